The van der Waals surface area contributed by atoms with Crippen LogP contribution in [0.2, 0.25) is 0 Å². The molecule has 1 aromatic rings. The minimum Gasteiger partial charge on any atom is -0.207 e. The molecule has 1 atom stereocenters. The van der Waals surface area contributed by atoms with Crippen molar-refractivity contribution in [3.8, 4) is 11.8 Å². The molecule has 0 spiro atoms. The molecule has 0 aliphatic heterocycles. The molecular weight excluding hydrogens is 306 g/mol. The van der Waals surface area contributed by atoms with Crippen molar-refractivity contribution in [3.63, 3.8) is 0 Å². The van der Waals surface area contributed by atoms with Gasteiger partial charge < -0.3 is 0 Å². The molecule has 1 aliphatic rings. The van der Waals surface area contributed by atoms with Gasteiger partial charge in [-0.1, -0.05) is 48.6 Å². The Hall–Kier alpha value is -1.57. The van der Waals surface area contributed by atoms with Crippen LogP contribution in [0.1, 0.15) is 44.6 Å². The molecule has 0 heterocycles. The molecule has 0 saturated carbocycles. The summed E-state index contributed by atoms with van der Waals surface area (Å²) in [4.78, 5) is 0.344. The second-order valence-corrected chi connectivity index (χ2v) is 7.81. The van der Waals surface area contributed by atoms with Gasteiger partial charge in [0.15, 0.2) is 0 Å². The summed E-state index contributed by atoms with van der Waals surface area (Å²) in [7, 11) is -3.54. The van der Waals surface area contributed by atoms with Crippen LogP contribution < -0.4 is 0 Å². The number of hydrogen-bond donors (Lipinski definition) is 0. The highest BCUT2D eigenvalue weighted by Crippen LogP contribution is 2.23. The first kappa shape index (κ1) is 17.8. The zero-order valence-electron chi connectivity index (χ0n) is 14.0. The van der Waals surface area contributed by atoms with E-state index in [9.17, 15) is 8.42 Å². The molecule has 1 aliphatic carbocycles. The molecule has 1 aromatic carbocycles. The molecule has 0 aromatic heterocycles. The van der Waals surface area contributed by atoms with Gasteiger partial charge >= 0.3 is 0 Å². The summed E-state index contributed by atoms with van der Waals surface area (Å²) in [5.74, 6) is 5.75. The minimum absolute atomic E-state index is 0.109. The lowest BCUT2D eigenvalue weighted by atomic mass is 10.0. The van der Waals surface area contributed by atoms with Crippen molar-refractivity contribution >= 4 is 10.0 Å². The van der Waals surface area contributed by atoms with E-state index in [1.165, 1.54) is 6.42 Å². The Morgan fingerprint density at radius 3 is 2.61 bits per heavy atom. The lowest BCUT2D eigenvalue weighted by Gasteiger charge is -2.28. The third kappa shape index (κ3) is 4.70. The summed E-state index contributed by atoms with van der Waals surface area (Å²) in [6, 6.07) is 6.94. The van der Waals surface area contributed by atoms with Gasteiger partial charge in [0.05, 0.1) is 11.4 Å². The first-order chi connectivity index (χ1) is 11.1. The first-order valence-electron chi connectivity index (χ1n) is 8.20. The normalized spacial score (nSPS) is 20.2. The van der Waals surface area contributed by atoms with Crippen LogP contribution in [-0.2, 0) is 10.0 Å². The topological polar surface area (TPSA) is 37.4 Å². The molecule has 2 rings (SSSR count). The fourth-order valence-corrected chi connectivity index (χ4v) is 4.28. The molecule has 0 fully saturated rings. The third-order valence-corrected chi connectivity index (χ3v) is 6.02. The Morgan fingerprint density at radius 2 is 1.91 bits per heavy atom. The van der Waals surface area contributed by atoms with E-state index in [1.807, 2.05) is 25.1 Å². The monoisotopic (exact) mass is 331 g/mol. The Morgan fingerprint density at radius 1 is 1.17 bits per heavy atom. The Kier molecular flexibility index (Phi) is 6.44. The molecule has 0 saturated heterocycles. The molecule has 0 N–H and O–H groups in total. The second-order valence-electron chi connectivity index (χ2n) is 5.92. The molecular formula is C19H25NO2S. The van der Waals surface area contributed by atoms with Crippen molar-refractivity contribution in [2.75, 3.05) is 6.54 Å². The standard InChI is InChI=1S/C19H25NO2S/c1-3-4-16-20(18-10-8-6-5-7-9-11-18)23(21,22)19-14-12-17(2)13-15-19/h8,10,12-15,18H,5-7,9,11,16H2,1-2H3/b10-8-. The van der Waals surface area contributed by atoms with E-state index in [0.717, 1.165) is 31.2 Å². The van der Waals surface area contributed by atoms with Crippen molar-refractivity contribution in [1.82, 2.24) is 4.31 Å². The summed E-state index contributed by atoms with van der Waals surface area (Å²) in [6.07, 6.45) is 9.42. The van der Waals surface area contributed by atoms with Crippen molar-refractivity contribution in [2.24, 2.45) is 0 Å². The van der Waals surface area contributed by atoms with E-state index in [2.05, 4.69) is 17.9 Å². The Labute approximate surface area is 140 Å². The van der Waals surface area contributed by atoms with Gasteiger partial charge in [0.1, 0.15) is 0 Å². The number of hydrogen-bond acceptors (Lipinski definition) is 2. The van der Waals surface area contributed by atoms with Crippen LogP contribution in [0.4, 0.5) is 0 Å². The Bertz CT molecular complexity index is 693. The summed E-state index contributed by atoms with van der Waals surface area (Å²) in [6.45, 7) is 3.93. The van der Waals surface area contributed by atoms with Gasteiger partial charge in [-0.25, -0.2) is 8.42 Å². The smallest absolute Gasteiger partial charge is 0.207 e. The van der Waals surface area contributed by atoms with Gasteiger partial charge in [-0.3, -0.25) is 0 Å². The molecule has 0 radical (unpaired) electrons. The van der Waals surface area contributed by atoms with Gasteiger partial charge in [-0.05, 0) is 45.2 Å². The van der Waals surface area contributed by atoms with E-state index < -0.39 is 10.0 Å². The number of nitrogens with zero attached hydrogens (tertiary/aromatic N) is 1. The van der Waals surface area contributed by atoms with Gasteiger partial charge in [-0.15, -0.1) is 5.92 Å². The fourth-order valence-electron chi connectivity index (χ4n) is 2.77. The molecule has 23 heavy (non-hydrogen) atoms. The van der Waals surface area contributed by atoms with Crippen LogP contribution in [0.25, 0.3) is 0 Å². The quantitative estimate of drug-likeness (QED) is 0.620. The van der Waals surface area contributed by atoms with E-state index in [-0.39, 0.29) is 12.6 Å². The van der Waals surface area contributed by atoms with Crippen LogP contribution in [0.5, 0.6) is 0 Å². The van der Waals surface area contributed by atoms with Gasteiger partial charge in [0.25, 0.3) is 0 Å². The maximum Gasteiger partial charge on any atom is 0.244 e. The maximum absolute atomic E-state index is 13.1. The molecule has 4 heteroatoms. The lowest BCUT2D eigenvalue weighted by molar-refractivity contribution is 0.364. The average Bonchev–Trinajstić information content (AvgIpc) is 2.49. The van der Waals surface area contributed by atoms with Gasteiger partial charge in [0.2, 0.25) is 10.0 Å². The van der Waals surface area contributed by atoms with E-state index in [1.54, 1.807) is 23.4 Å². The number of aryl methyl sites for hydroxylation is 1. The molecule has 0 amide bonds. The van der Waals surface area contributed by atoms with Crippen LogP contribution in [0.3, 0.4) is 0 Å². The van der Waals surface area contributed by atoms with Crippen molar-refractivity contribution in [3.05, 3.63) is 42.0 Å². The average molecular weight is 331 g/mol. The maximum atomic E-state index is 13.1. The summed E-state index contributed by atoms with van der Waals surface area (Å²) in [5.41, 5.74) is 1.05. The van der Waals surface area contributed by atoms with Gasteiger partial charge in [-0.2, -0.15) is 4.31 Å². The van der Waals surface area contributed by atoms with Crippen LogP contribution >= 0.6 is 0 Å². The zero-order valence-corrected chi connectivity index (χ0v) is 14.8. The zero-order chi connectivity index (χ0) is 16.7. The minimum atomic E-state index is -3.54. The summed E-state index contributed by atoms with van der Waals surface area (Å²) in [5, 5.41) is 0. The predicted molar refractivity (Wildman–Crippen MR) is 94.5 cm³/mol. The highest BCUT2D eigenvalue weighted by atomic mass is 32.2. The van der Waals surface area contributed by atoms with Gasteiger partial charge in [0, 0.05) is 6.04 Å². The molecule has 1 unspecified atom stereocenters. The van der Waals surface area contributed by atoms with Crippen molar-refractivity contribution < 1.29 is 8.42 Å². The fraction of sp³-hybridized carbons (Fsp3) is 0.474. The Balaban J connectivity index is 2.36. The van der Waals surface area contributed by atoms with Crippen molar-refractivity contribution in [2.45, 2.75) is 56.9 Å². The predicted octanol–water partition coefficient (Wildman–Crippen LogP) is 3.90. The molecule has 3 nitrogen and oxygen atoms in total. The SMILES string of the molecule is CC#CCN(C1/C=C\CCCCC1)S(=O)(=O)c1ccc(C)cc1. The number of allylic oxidation sites excluding steroid dienone is 1. The summed E-state index contributed by atoms with van der Waals surface area (Å²) < 4.78 is 27.7. The highest BCUT2D eigenvalue weighted by molar-refractivity contribution is 7.89. The summed E-state index contributed by atoms with van der Waals surface area (Å²) >= 11 is 0. The number of rotatable bonds is 4. The molecule has 124 valence electrons. The largest absolute Gasteiger partial charge is 0.244 e. The van der Waals surface area contributed by atoms with E-state index >= 15 is 0 Å². The van der Waals surface area contributed by atoms with E-state index in [0.29, 0.717) is 4.90 Å². The van der Waals surface area contributed by atoms with E-state index in [4.69, 9.17) is 0 Å². The lowest BCUT2D eigenvalue weighted by Crippen LogP contribution is -2.39. The van der Waals surface area contributed by atoms with Crippen LogP contribution in [0, 0.1) is 18.8 Å². The van der Waals surface area contributed by atoms with Crippen molar-refractivity contribution in [1.29, 1.82) is 0 Å². The van der Waals surface area contributed by atoms with Crippen LogP contribution in [0.15, 0.2) is 41.3 Å². The molecule has 0 bridgehead atoms. The highest BCUT2D eigenvalue weighted by Gasteiger charge is 2.29. The van der Waals surface area contributed by atoms with Crippen LogP contribution in [-0.4, -0.2) is 25.3 Å². The number of benzene rings is 1. The third-order valence-electron chi connectivity index (χ3n) is 4.14. The number of sulfonamides is 1. The first-order valence-corrected chi connectivity index (χ1v) is 9.64. The second kappa shape index (κ2) is 8.33.